The molecule has 106 valence electrons. The van der Waals surface area contributed by atoms with E-state index in [1.165, 1.54) is 36.8 Å². The van der Waals surface area contributed by atoms with E-state index in [-0.39, 0.29) is 0 Å². The van der Waals surface area contributed by atoms with Gasteiger partial charge in [0.15, 0.2) is 0 Å². The summed E-state index contributed by atoms with van der Waals surface area (Å²) < 4.78 is 5.33. The van der Waals surface area contributed by atoms with E-state index in [0.29, 0.717) is 6.04 Å². The van der Waals surface area contributed by atoms with Crippen molar-refractivity contribution < 1.29 is 4.74 Å². The summed E-state index contributed by atoms with van der Waals surface area (Å²) in [5.41, 5.74) is 2.97. The predicted octanol–water partition coefficient (Wildman–Crippen LogP) is 3.58. The van der Waals surface area contributed by atoms with Crippen LogP contribution in [0.4, 0.5) is 0 Å². The predicted molar refractivity (Wildman–Crippen MR) is 80.9 cm³/mol. The summed E-state index contributed by atoms with van der Waals surface area (Å²) >= 11 is 0. The first-order valence-corrected chi connectivity index (χ1v) is 7.66. The molecule has 0 bridgehead atoms. The SMILES string of the molecule is CCC(CC)CNC1CCc2ccc(OC)cc2C1. The van der Waals surface area contributed by atoms with E-state index >= 15 is 0 Å². The third-order valence-electron chi connectivity index (χ3n) is 4.49. The Morgan fingerprint density at radius 3 is 2.74 bits per heavy atom. The van der Waals surface area contributed by atoms with Crippen LogP contribution in [-0.2, 0) is 12.8 Å². The van der Waals surface area contributed by atoms with Gasteiger partial charge in [0.25, 0.3) is 0 Å². The van der Waals surface area contributed by atoms with E-state index in [4.69, 9.17) is 4.74 Å². The van der Waals surface area contributed by atoms with Gasteiger partial charge in [0, 0.05) is 6.04 Å². The molecule has 2 heteroatoms. The molecular weight excluding hydrogens is 234 g/mol. The molecule has 0 fully saturated rings. The maximum absolute atomic E-state index is 5.33. The van der Waals surface area contributed by atoms with Crippen molar-refractivity contribution in [1.29, 1.82) is 0 Å². The number of fused-ring (bicyclic) bond motifs is 1. The van der Waals surface area contributed by atoms with Crippen LogP contribution in [0.2, 0.25) is 0 Å². The molecule has 1 aliphatic carbocycles. The van der Waals surface area contributed by atoms with Crippen LogP contribution in [-0.4, -0.2) is 19.7 Å². The van der Waals surface area contributed by atoms with Gasteiger partial charge in [-0.1, -0.05) is 32.8 Å². The molecule has 0 saturated heterocycles. The van der Waals surface area contributed by atoms with E-state index < -0.39 is 0 Å². The third kappa shape index (κ3) is 3.73. The average Bonchev–Trinajstić information content (AvgIpc) is 2.47. The fourth-order valence-corrected chi connectivity index (χ4v) is 2.95. The number of aryl methyl sites for hydroxylation is 1. The van der Waals surface area contributed by atoms with Crippen LogP contribution in [0.25, 0.3) is 0 Å². The molecule has 0 aliphatic heterocycles. The number of benzene rings is 1. The second-order valence-electron chi connectivity index (χ2n) is 5.67. The zero-order chi connectivity index (χ0) is 13.7. The Morgan fingerprint density at radius 1 is 1.26 bits per heavy atom. The Morgan fingerprint density at radius 2 is 2.05 bits per heavy atom. The Labute approximate surface area is 117 Å². The Kier molecular flexibility index (Phi) is 5.26. The summed E-state index contributed by atoms with van der Waals surface area (Å²) in [4.78, 5) is 0. The standard InChI is InChI=1S/C17H27NO/c1-4-13(5-2)12-18-16-8-6-14-7-9-17(19-3)11-15(14)10-16/h7,9,11,13,16,18H,4-6,8,10,12H2,1-3H3. The normalized spacial score (nSPS) is 18.4. The first kappa shape index (κ1) is 14.4. The van der Waals surface area contributed by atoms with Crippen LogP contribution in [0.5, 0.6) is 5.75 Å². The van der Waals surface area contributed by atoms with Gasteiger partial charge < -0.3 is 10.1 Å². The highest BCUT2D eigenvalue weighted by molar-refractivity contribution is 5.37. The molecule has 2 nitrogen and oxygen atoms in total. The third-order valence-corrected chi connectivity index (χ3v) is 4.49. The van der Waals surface area contributed by atoms with Crippen molar-refractivity contribution in [1.82, 2.24) is 5.32 Å². The summed E-state index contributed by atoms with van der Waals surface area (Å²) in [6, 6.07) is 7.16. The summed E-state index contributed by atoms with van der Waals surface area (Å²) in [5, 5.41) is 3.76. The van der Waals surface area contributed by atoms with Crippen molar-refractivity contribution in [3.8, 4) is 5.75 Å². The molecule has 1 atom stereocenters. The maximum atomic E-state index is 5.33. The monoisotopic (exact) mass is 261 g/mol. The fraction of sp³-hybridized carbons (Fsp3) is 0.647. The number of rotatable bonds is 6. The lowest BCUT2D eigenvalue weighted by atomic mass is 9.87. The van der Waals surface area contributed by atoms with Crippen LogP contribution in [0.1, 0.15) is 44.2 Å². The number of hydrogen-bond donors (Lipinski definition) is 1. The largest absolute Gasteiger partial charge is 0.497 e. The maximum Gasteiger partial charge on any atom is 0.119 e. The van der Waals surface area contributed by atoms with E-state index in [1.807, 2.05) is 0 Å². The Bertz CT molecular complexity index is 398. The second kappa shape index (κ2) is 6.95. The van der Waals surface area contributed by atoms with Crippen LogP contribution >= 0.6 is 0 Å². The Hall–Kier alpha value is -1.02. The average molecular weight is 261 g/mol. The lowest BCUT2D eigenvalue weighted by Gasteiger charge is -2.27. The van der Waals surface area contributed by atoms with Crippen molar-refractivity contribution in [2.45, 2.75) is 52.0 Å². The van der Waals surface area contributed by atoms with Gasteiger partial charge >= 0.3 is 0 Å². The van der Waals surface area contributed by atoms with Crippen LogP contribution in [0, 0.1) is 5.92 Å². The second-order valence-corrected chi connectivity index (χ2v) is 5.67. The summed E-state index contributed by atoms with van der Waals surface area (Å²) in [6.07, 6.45) is 6.16. The lowest BCUT2D eigenvalue weighted by molar-refractivity contribution is 0.382. The topological polar surface area (TPSA) is 21.3 Å². The summed E-state index contributed by atoms with van der Waals surface area (Å²) in [6.45, 7) is 5.74. The highest BCUT2D eigenvalue weighted by atomic mass is 16.5. The molecule has 1 aromatic carbocycles. The molecule has 19 heavy (non-hydrogen) atoms. The van der Waals surface area contributed by atoms with Crippen molar-refractivity contribution in [2.24, 2.45) is 5.92 Å². The molecule has 0 saturated carbocycles. The van der Waals surface area contributed by atoms with E-state index in [0.717, 1.165) is 24.6 Å². The number of methoxy groups -OCH3 is 1. The van der Waals surface area contributed by atoms with Crippen molar-refractivity contribution in [3.63, 3.8) is 0 Å². The minimum Gasteiger partial charge on any atom is -0.497 e. The first-order valence-electron chi connectivity index (χ1n) is 7.66. The summed E-state index contributed by atoms with van der Waals surface area (Å²) in [5.74, 6) is 1.81. The Balaban J connectivity index is 1.93. The molecule has 0 aromatic heterocycles. The van der Waals surface area contributed by atoms with Crippen LogP contribution in [0.3, 0.4) is 0 Å². The highest BCUT2D eigenvalue weighted by Gasteiger charge is 2.19. The van der Waals surface area contributed by atoms with Crippen molar-refractivity contribution >= 4 is 0 Å². The molecular formula is C17H27NO. The molecule has 2 rings (SSSR count). The van der Waals surface area contributed by atoms with Crippen LogP contribution in [0.15, 0.2) is 18.2 Å². The molecule has 1 aromatic rings. The number of ether oxygens (including phenoxy) is 1. The molecule has 1 unspecified atom stereocenters. The summed E-state index contributed by atoms with van der Waals surface area (Å²) in [7, 11) is 1.74. The quantitative estimate of drug-likeness (QED) is 0.845. The van der Waals surface area contributed by atoms with Gasteiger partial charge in [0.05, 0.1) is 7.11 Å². The van der Waals surface area contributed by atoms with E-state index in [2.05, 4.69) is 37.4 Å². The van der Waals surface area contributed by atoms with Gasteiger partial charge in [-0.05, 0) is 55.0 Å². The number of hydrogen-bond acceptors (Lipinski definition) is 2. The first-order chi connectivity index (χ1) is 9.26. The van der Waals surface area contributed by atoms with Gasteiger partial charge in [-0.2, -0.15) is 0 Å². The molecule has 0 amide bonds. The molecule has 0 heterocycles. The van der Waals surface area contributed by atoms with Crippen LogP contribution < -0.4 is 10.1 Å². The van der Waals surface area contributed by atoms with Gasteiger partial charge in [0.1, 0.15) is 5.75 Å². The minimum atomic E-state index is 0.639. The smallest absolute Gasteiger partial charge is 0.119 e. The molecule has 0 spiro atoms. The zero-order valence-corrected chi connectivity index (χ0v) is 12.5. The minimum absolute atomic E-state index is 0.639. The molecule has 0 radical (unpaired) electrons. The van der Waals surface area contributed by atoms with E-state index in [1.54, 1.807) is 7.11 Å². The van der Waals surface area contributed by atoms with Gasteiger partial charge in [-0.25, -0.2) is 0 Å². The fourth-order valence-electron chi connectivity index (χ4n) is 2.95. The van der Waals surface area contributed by atoms with Crippen molar-refractivity contribution in [2.75, 3.05) is 13.7 Å². The molecule has 1 aliphatic rings. The van der Waals surface area contributed by atoms with Gasteiger partial charge in [0.2, 0.25) is 0 Å². The van der Waals surface area contributed by atoms with Gasteiger partial charge in [-0.3, -0.25) is 0 Å². The zero-order valence-electron chi connectivity index (χ0n) is 12.5. The molecule has 1 N–H and O–H groups in total. The van der Waals surface area contributed by atoms with Crippen molar-refractivity contribution in [3.05, 3.63) is 29.3 Å². The highest BCUT2D eigenvalue weighted by Crippen LogP contribution is 2.25. The lowest BCUT2D eigenvalue weighted by Crippen LogP contribution is -2.37. The number of nitrogens with one attached hydrogen (secondary N) is 1. The van der Waals surface area contributed by atoms with Gasteiger partial charge in [-0.15, -0.1) is 0 Å². The van der Waals surface area contributed by atoms with E-state index in [9.17, 15) is 0 Å².